The quantitative estimate of drug-likeness (QED) is 0.387. The number of hydrogen-bond donors (Lipinski definition) is 2. The first-order valence-corrected chi connectivity index (χ1v) is 11.3. The molecule has 1 aliphatic heterocycles. The summed E-state index contributed by atoms with van der Waals surface area (Å²) in [4.78, 5) is 0. The van der Waals surface area contributed by atoms with E-state index in [1.165, 1.54) is 0 Å². The van der Waals surface area contributed by atoms with Gasteiger partial charge in [-0.05, 0) is 35.4 Å². The van der Waals surface area contributed by atoms with E-state index in [9.17, 15) is 5.26 Å². The highest BCUT2D eigenvalue weighted by Gasteiger charge is 2.36. The minimum Gasteiger partial charge on any atom is -0.497 e. The smallest absolute Gasteiger partial charge is 0.244 e. The average Bonchev–Trinajstić information content (AvgIpc) is 3.34. The molecule has 1 aliphatic rings. The molecule has 1 atom stereocenters. The van der Waals surface area contributed by atoms with Gasteiger partial charge >= 0.3 is 0 Å². The molecule has 8 heteroatoms. The van der Waals surface area contributed by atoms with E-state index < -0.39 is 5.92 Å². The van der Waals surface area contributed by atoms with E-state index in [1.54, 1.807) is 14.2 Å². The van der Waals surface area contributed by atoms with Gasteiger partial charge in [-0.2, -0.15) is 5.26 Å². The molecule has 3 aromatic carbocycles. The largest absolute Gasteiger partial charge is 0.497 e. The van der Waals surface area contributed by atoms with Gasteiger partial charge in [0.1, 0.15) is 35.5 Å². The Morgan fingerprint density at radius 1 is 1.00 bits per heavy atom. The summed E-state index contributed by atoms with van der Waals surface area (Å²) in [7, 11) is 3.22. The molecule has 0 saturated carbocycles. The summed E-state index contributed by atoms with van der Waals surface area (Å²) in [6, 6.07) is 25.1. The van der Waals surface area contributed by atoms with Crippen LogP contribution in [0.15, 0.2) is 84.3 Å². The maximum atomic E-state index is 10.0. The molecule has 36 heavy (non-hydrogen) atoms. The van der Waals surface area contributed by atoms with Crippen molar-refractivity contribution in [1.29, 1.82) is 5.26 Å². The van der Waals surface area contributed by atoms with Crippen LogP contribution >= 0.6 is 0 Å². The number of aromatic amines is 1. The first-order chi connectivity index (χ1) is 17.6. The SMILES string of the molecule is COc1cccc(OCc2cc([C@@H]3C(C#N)=C(N)Oc4n[nH]c(-c5ccccc5)c43)ccc2OC)c1. The Labute approximate surface area is 208 Å². The maximum absolute atomic E-state index is 10.0. The van der Waals surface area contributed by atoms with Gasteiger partial charge in [0.05, 0.1) is 31.4 Å². The maximum Gasteiger partial charge on any atom is 0.244 e. The zero-order chi connectivity index (χ0) is 25.1. The topological polar surface area (TPSA) is 115 Å². The Morgan fingerprint density at radius 2 is 1.81 bits per heavy atom. The van der Waals surface area contributed by atoms with E-state index in [0.29, 0.717) is 28.7 Å². The third-order valence-electron chi connectivity index (χ3n) is 6.07. The number of rotatable bonds is 7. The van der Waals surface area contributed by atoms with Crippen LogP contribution in [0.3, 0.4) is 0 Å². The highest BCUT2D eigenvalue weighted by molar-refractivity contribution is 5.71. The van der Waals surface area contributed by atoms with Gasteiger partial charge in [0, 0.05) is 11.6 Å². The molecule has 0 spiro atoms. The van der Waals surface area contributed by atoms with Crippen molar-refractivity contribution in [2.24, 2.45) is 5.73 Å². The molecule has 5 rings (SSSR count). The normalized spacial score (nSPS) is 14.4. The molecular formula is C28H24N4O4. The zero-order valence-corrected chi connectivity index (χ0v) is 19.8. The second-order valence-corrected chi connectivity index (χ2v) is 8.15. The van der Waals surface area contributed by atoms with Crippen LogP contribution in [0.1, 0.15) is 22.6 Å². The van der Waals surface area contributed by atoms with E-state index in [2.05, 4.69) is 16.3 Å². The summed E-state index contributed by atoms with van der Waals surface area (Å²) in [6.07, 6.45) is 0. The number of allylic oxidation sites excluding steroid dienone is 1. The van der Waals surface area contributed by atoms with Crippen LogP contribution in [0.2, 0.25) is 0 Å². The number of benzene rings is 3. The Morgan fingerprint density at radius 3 is 2.56 bits per heavy atom. The Bertz CT molecular complexity index is 1470. The van der Waals surface area contributed by atoms with Gasteiger partial charge in [0.15, 0.2) is 0 Å². The number of methoxy groups -OCH3 is 2. The van der Waals surface area contributed by atoms with Crippen molar-refractivity contribution in [1.82, 2.24) is 10.2 Å². The van der Waals surface area contributed by atoms with Gasteiger partial charge < -0.3 is 24.7 Å². The lowest BCUT2D eigenvalue weighted by Crippen LogP contribution is -2.21. The number of fused-ring (bicyclic) bond motifs is 1. The molecule has 3 N–H and O–H groups in total. The molecule has 0 unspecified atom stereocenters. The third kappa shape index (κ3) is 4.18. The number of nitriles is 1. The standard InChI is InChI=1S/C28H24N4O4/c1-33-20-9-6-10-21(14-20)35-16-19-13-18(11-12-23(19)34-2)24-22(15-29)27(30)36-28-25(24)26(31-32-28)17-7-4-3-5-8-17/h3-14,24H,16,30H2,1-2H3,(H,31,32)/t24-/m1/s1. The molecule has 2 heterocycles. The molecule has 4 aromatic rings. The van der Waals surface area contributed by atoms with Gasteiger partial charge in [-0.1, -0.05) is 42.5 Å². The first-order valence-electron chi connectivity index (χ1n) is 11.3. The summed E-state index contributed by atoms with van der Waals surface area (Å²) >= 11 is 0. The fourth-order valence-corrected chi connectivity index (χ4v) is 4.35. The van der Waals surface area contributed by atoms with Gasteiger partial charge in [-0.15, -0.1) is 5.10 Å². The molecule has 0 fully saturated rings. The van der Waals surface area contributed by atoms with E-state index in [4.69, 9.17) is 24.7 Å². The van der Waals surface area contributed by atoms with Gasteiger partial charge in [-0.25, -0.2) is 0 Å². The molecule has 1 aromatic heterocycles. The van der Waals surface area contributed by atoms with Gasteiger partial charge in [0.2, 0.25) is 11.8 Å². The highest BCUT2D eigenvalue weighted by atomic mass is 16.5. The number of nitrogens with two attached hydrogens (primary N) is 1. The van der Waals surface area contributed by atoms with Gasteiger partial charge in [0.25, 0.3) is 0 Å². The number of ether oxygens (including phenoxy) is 4. The summed E-state index contributed by atoms with van der Waals surface area (Å²) in [5, 5.41) is 17.4. The van der Waals surface area contributed by atoms with Crippen molar-refractivity contribution < 1.29 is 18.9 Å². The van der Waals surface area contributed by atoms with Crippen LogP contribution in [0.4, 0.5) is 0 Å². The number of nitrogens with zero attached hydrogens (tertiary/aromatic N) is 2. The van der Waals surface area contributed by atoms with Crippen LogP contribution in [-0.4, -0.2) is 24.4 Å². The molecule has 0 aliphatic carbocycles. The minimum atomic E-state index is -0.491. The summed E-state index contributed by atoms with van der Waals surface area (Å²) in [5.74, 6) is 1.93. The number of nitrogens with one attached hydrogen (secondary N) is 1. The van der Waals surface area contributed by atoms with Crippen LogP contribution in [0.5, 0.6) is 23.1 Å². The Kier molecular flexibility index (Phi) is 6.20. The Balaban J connectivity index is 1.57. The molecule has 8 nitrogen and oxygen atoms in total. The van der Waals surface area contributed by atoms with Crippen molar-refractivity contribution in [2.45, 2.75) is 12.5 Å². The molecule has 0 radical (unpaired) electrons. The van der Waals surface area contributed by atoms with Gasteiger partial charge in [-0.3, -0.25) is 5.10 Å². The molecule has 180 valence electrons. The monoisotopic (exact) mass is 480 g/mol. The van der Waals surface area contributed by atoms with Crippen LogP contribution in [0.25, 0.3) is 11.3 Å². The zero-order valence-electron chi connectivity index (χ0n) is 19.8. The summed E-state index contributed by atoms with van der Waals surface area (Å²) < 4.78 is 22.6. The second-order valence-electron chi connectivity index (χ2n) is 8.15. The van der Waals surface area contributed by atoms with Crippen LogP contribution < -0.4 is 24.7 Å². The third-order valence-corrected chi connectivity index (χ3v) is 6.07. The van der Waals surface area contributed by atoms with Crippen molar-refractivity contribution in [3.8, 4) is 40.5 Å². The predicted octanol–water partition coefficient (Wildman–Crippen LogP) is 4.89. The number of aromatic nitrogens is 2. The summed E-state index contributed by atoms with van der Waals surface area (Å²) in [5.41, 5.74) is 10.5. The lowest BCUT2D eigenvalue weighted by molar-refractivity contribution is 0.294. The van der Waals surface area contributed by atoms with Crippen molar-refractivity contribution in [2.75, 3.05) is 14.2 Å². The molecular weight excluding hydrogens is 456 g/mol. The molecule has 0 saturated heterocycles. The minimum absolute atomic E-state index is 0.0334. The lowest BCUT2D eigenvalue weighted by atomic mass is 9.82. The average molecular weight is 481 g/mol. The highest BCUT2D eigenvalue weighted by Crippen LogP contribution is 2.46. The predicted molar refractivity (Wildman–Crippen MR) is 134 cm³/mol. The van der Waals surface area contributed by atoms with Crippen LogP contribution in [0, 0.1) is 11.3 Å². The number of hydrogen-bond acceptors (Lipinski definition) is 7. The van der Waals surface area contributed by atoms with E-state index >= 15 is 0 Å². The van der Waals surface area contributed by atoms with Crippen molar-refractivity contribution >= 4 is 0 Å². The van der Waals surface area contributed by atoms with E-state index in [-0.39, 0.29) is 12.5 Å². The van der Waals surface area contributed by atoms with E-state index in [0.717, 1.165) is 27.9 Å². The first kappa shape index (κ1) is 22.9. The Hall–Kier alpha value is -4.90. The van der Waals surface area contributed by atoms with E-state index in [1.807, 2.05) is 72.8 Å². The fraction of sp³-hybridized carbons (Fsp3) is 0.143. The summed E-state index contributed by atoms with van der Waals surface area (Å²) in [6.45, 7) is 0.248. The number of H-pyrrole nitrogens is 1. The van der Waals surface area contributed by atoms with Crippen molar-refractivity contribution in [3.63, 3.8) is 0 Å². The molecule has 0 amide bonds. The second kappa shape index (κ2) is 9.76. The van der Waals surface area contributed by atoms with Crippen LogP contribution in [-0.2, 0) is 6.61 Å². The van der Waals surface area contributed by atoms with Crippen molar-refractivity contribution in [3.05, 3.63) is 101 Å². The lowest BCUT2D eigenvalue weighted by Gasteiger charge is -2.25. The molecule has 0 bridgehead atoms. The fourth-order valence-electron chi connectivity index (χ4n) is 4.35.